The van der Waals surface area contributed by atoms with Gasteiger partial charge in [-0.1, -0.05) is 42.5 Å². The number of thioether (sulfide) groups is 1. The first-order chi connectivity index (χ1) is 12.3. The maximum atomic E-state index is 12.5. The maximum absolute atomic E-state index is 12.5. The fourth-order valence-electron chi connectivity index (χ4n) is 2.30. The van der Waals surface area contributed by atoms with Crippen LogP contribution in [0.5, 0.6) is 0 Å². The lowest BCUT2D eigenvalue weighted by atomic mass is 10.1. The molecule has 0 heterocycles. The van der Waals surface area contributed by atoms with Crippen molar-refractivity contribution in [1.82, 2.24) is 5.32 Å². The van der Waals surface area contributed by atoms with E-state index in [1.807, 2.05) is 64.1 Å². The quantitative estimate of drug-likeness (QED) is 0.788. The van der Waals surface area contributed by atoms with Crippen LogP contribution >= 0.6 is 11.8 Å². The largest absolute Gasteiger partial charge is 0.347 e. The molecule has 4 nitrogen and oxygen atoms in total. The minimum Gasteiger partial charge on any atom is -0.347 e. The number of para-hydroxylation sites is 1. The first kappa shape index (κ1) is 20.0. The monoisotopic (exact) mass is 370 g/mol. The van der Waals surface area contributed by atoms with Crippen molar-refractivity contribution in [3.05, 3.63) is 65.7 Å². The van der Waals surface area contributed by atoms with Crippen LogP contribution in [0.1, 0.15) is 43.6 Å². The van der Waals surface area contributed by atoms with Gasteiger partial charge in [0.2, 0.25) is 5.91 Å². The lowest BCUT2D eigenvalue weighted by Crippen LogP contribution is -2.41. The minimum atomic E-state index is -0.340. The molecular formula is C21H26N2O2S. The second kappa shape index (κ2) is 8.90. The maximum Gasteiger partial charge on any atom is 0.253 e. The van der Waals surface area contributed by atoms with E-state index < -0.39 is 0 Å². The number of nitrogens with one attached hydrogen (secondary N) is 2. The number of carbonyl (C=O) groups is 2. The molecule has 0 fully saturated rings. The molecule has 0 unspecified atom stereocenters. The third kappa shape index (κ3) is 6.23. The van der Waals surface area contributed by atoms with Gasteiger partial charge in [-0.25, -0.2) is 0 Å². The van der Waals surface area contributed by atoms with E-state index in [0.29, 0.717) is 11.3 Å². The Morgan fingerprint density at radius 3 is 2.27 bits per heavy atom. The van der Waals surface area contributed by atoms with Gasteiger partial charge in [-0.2, -0.15) is 0 Å². The summed E-state index contributed by atoms with van der Waals surface area (Å²) in [7, 11) is 0. The van der Waals surface area contributed by atoms with E-state index in [0.717, 1.165) is 5.75 Å². The standard InChI is InChI=1S/C21H26N2O2S/c1-15(26-14-16-10-6-5-7-11-16)19(24)22-18-13-9-8-12-17(18)20(25)23-21(2,3)4/h5-13,15H,14H2,1-4H3,(H,22,24)(H,23,25)/t15-/m1/s1. The fourth-order valence-corrected chi connectivity index (χ4v) is 3.15. The Morgan fingerprint density at radius 2 is 1.62 bits per heavy atom. The SMILES string of the molecule is C[C@@H](SCc1ccccc1)C(=O)Nc1ccccc1C(=O)NC(C)(C)C. The highest BCUT2D eigenvalue weighted by Crippen LogP contribution is 2.21. The van der Waals surface area contributed by atoms with E-state index >= 15 is 0 Å². The zero-order chi connectivity index (χ0) is 19.2. The van der Waals surface area contributed by atoms with E-state index in [-0.39, 0.29) is 22.6 Å². The average Bonchev–Trinajstić information content (AvgIpc) is 2.59. The highest BCUT2D eigenvalue weighted by molar-refractivity contribution is 7.99. The summed E-state index contributed by atoms with van der Waals surface area (Å²) in [5.74, 6) is 0.460. The summed E-state index contributed by atoms with van der Waals surface area (Å²) < 4.78 is 0. The van der Waals surface area contributed by atoms with Gasteiger partial charge in [-0.05, 0) is 45.4 Å². The number of hydrogen-bond acceptors (Lipinski definition) is 3. The molecule has 0 aromatic heterocycles. The molecule has 2 aromatic rings. The van der Waals surface area contributed by atoms with Crippen molar-refractivity contribution in [2.45, 2.75) is 44.2 Å². The van der Waals surface area contributed by atoms with Crippen LogP contribution in [0.2, 0.25) is 0 Å². The van der Waals surface area contributed by atoms with Crippen LogP contribution in [0.4, 0.5) is 5.69 Å². The Bertz CT molecular complexity index is 754. The molecule has 0 radical (unpaired) electrons. The number of anilines is 1. The van der Waals surface area contributed by atoms with E-state index in [4.69, 9.17) is 0 Å². The summed E-state index contributed by atoms with van der Waals surface area (Å²) in [6.45, 7) is 7.65. The Morgan fingerprint density at radius 1 is 1.00 bits per heavy atom. The van der Waals surface area contributed by atoms with Crippen molar-refractivity contribution < 1.29 is 9.59 Å². The Labute approximate surface area is 159 Å². The molecule has 2 aromatic carbocycles. The second-order valence-electron chi connectivity index (χ2n) is 7.18. The van der Waals surface area contributed by atoms with Gasteiger partial charge in [0, 0.05) is 11.3 Å². The second-order valence-corrected chi connectivity index (χ2v) is 8.51. The molecule has 2 N–H and O–H groups in total. The van der Waals surface area contributed by atoms with Crippen LogP contribution in [0.3, 0.4) is 0 Å². The van der Waals surface area contributed by atoms with Crippen LogP contribution in [-0.4, -0.2) is 22.6 Å². The molecule has 26 heavy (non-hydrogen) atoms. The Balaban J connectivity index is 2.01. The van der Waals surface area contributed by atoms with E-state index in [9.17, 15) is 9.59 Å². The topological polar surface area (TPSA) is 58.2 Å². The number of amides is 2. The highest BCUT2D eigenvalue weighted by atomic mass is 32.2. The predicted octanol–water partition coefficient (Wildman–Crippen LogP) is 4.48. The number of benzene rings is 2. The molecule has 138 valence electrons. The third-order valence-corrected chi connectivity index (χ3v) is 4.84. The molecule has 0 aliphatic rings. The zero-order valence-corrected chi connectivity index (χ0v) is 16.5. The molecule has 1 atom stereocenters. The van der Waals surface area contributed by atoms with Crippen LogP contribution in [0.15, 0.2) is 54.6 Å². The zero-order valence-electron chi connectivity index (χ0n) is 15.7. The highest BCUT2D eigenvalue weighted by Gasteiger charge is 2.20. The van der Waals surface area contributed by atoms with Gasteiger partial charge >= 0.3 is 0 Å². The van der Waals surface area contributed by atoms with Gasteiger partial charge in [-0.3, -0.25) is 9.59 Å². The van der Waals surface area contributed by atoms with Crippen LogP contribution in [-0.2, 0) is 10.5 Å². The first-order valence-corrected chi connectivity index (χ1v) is 9.69. The van der Waals surface area contributed by atoms with Gasteiger partial charge < -0.3 is 10.6 Å². The molecule has 0 spiro atoms. The molecule has 0 saturated heterocycles. The third-order valence-electron chi connectivity index (χ3n) is 3.63. The Kier molecular flexibility index (Phi) is 6.86. The van der Waals surface area contributed by atoms with Crippen LogP contribution < -0.4 is 10.6 Å². The summed E-state index contributed by atoms with van der Waals surface area (Å²) in [6.07, 6.45) is 0. The number of rotatable bonds is 6. The predicted molar refractivity (Wildman–Crippen MR) is 109 cm³/mol. The summed E-state index contributed by atoms with van der Waals surface area (Å²) in [5.41, 5.74) is 1.84. The van der Waals surface area contributed by atoms with Crippen LogP contribution in [0.25, 0.3) is 0 Å². The van der Waals surface area contributed by atoms with E-state index in [1.165, 1.54) is 5.56 Å². The summed E-state index contributed by atoms with van der Waals surface area (Å²) >= 11 is 1.57. The van der Waals surface area contributed by atoms with Crippen molar-refractivity contribution >= 4 is 29.3 Å². The van der Waals surface area contributed by atoms with E-state index in [2.05, 4.69) is 10.6 Å². The van der Waals surface area contributed by atoms with Gasteiger partial charge in [0.1, 0.15) is 0 Å². The van der Waals surface area contributed by atoms with Gasteiger partial charge in [0.25, 0.3) is 5.91 Å². The smallest absolute Gasteiger partial charge is 0.253 e. The van der Waals surface area contributed by atoms with Crippen molar-refractivity contribution in [1.29, 1.82) is 0 Å². The van der Waals surface area contributed by atoms with Gasteiger partial charge in [-0.15, -0.1) is 11.8 Å². The Hall–Kier alpha value is -2.27. The van der Waals surface area contributed by atoms with Gasteiger partial charge in [0.05, 0.1) is 16.5 Å². The van der Waals surface area contributed by atoms with Crippen molar-refractivity contribution in [2.24, 2.45) is 0 Å². The molecule has 0 aliphatic heterocycles. The molecule has 5 heteroatoms. The first-order valence-electron chi connectivity index (χ1n) is 8.64. The fraction of sp³-hybridized carbons (Fsp3) is 0.333. The van der Waals surface area contributed by atoms with Gasteiger partial charge in [0.15, 0.2) is 0 Å². The lowest BCUT2D eigenvalue weighted by Gasteiger charge is -2.22. The molecule has 0 saturated carbocycles. The molecule has 2 amide bonds. The summed E-state index contributed by atoms with van der Waals surface area (Å²) in [4.78, 5) is 25.0. The molecule has 0 aliphatic carbocycles. The van der Waals surface area contributed by atoms with Crippen LogP contribution in [0, 0.1) is 0 Å². The van der Waals surface area contributed by atoms with Crippen molar-refractivity contribution in [3.8, 4) is 0 Å². The van der Waals surface area contributed by atoms with Crippen molar-refractivity contribution in [2.75, 3.05) is 5.32 Å². The summed E-state index contributed by atoms with van der Waals surface area (Å²) in [5, 5.41) is 5.59. The lowest BCUT2D eigenvalue weighted by molar-refractivity contribution is -0.115. The normalized spacial score (nSPS) is 12.3. The molecular weight excluding hydrogens is 344 g/mol. The number of hydrogen-bond donors (Lipinski definition) is 2. The number of carbonyl (C=O) groups excluding carboxylic acids is 2. The van der Waals surface area contributed by atoms with Crippen molar-refractivity contribution in [3.63, 3.8) is 0 Å². The van der Waals surface area contributed by atoms with E-state index in [1.54, 1.807) is 30.0 Å². The minimum absolute atomic E-state index is 0.109. The molecule has 0 bridgehead atoms. The summed E-state index contributed by atoms with van der Waals surface area (Å²) in [6, 6.07) is 17.1. The molecule has 2 rings (SSSR count). The average molecular weight is 371 g/mol.